The number of hydrogen-bond donors (Lipinski definition) is 0. The van der Waals surface area contributed by atoms with Gasteiger partial charge in [-0.05, 0) is 38.7 Å². The van der Waals surface area contributed by atoms with Crippen LogP contribution in [0.15, 0.2) is 24.4 Å². The molecule has 34 heavy (non-hydrogen) atoms. The van der Waals surface area contributed by atoms with Gasteiger partial charge in [0.05, 0.1) is 30.2 Å². The monoisotopic (exact) mass is 481 g/mol. The predicted octanol–water partition coefficient (Wildman–Crippen LogP) is 3.00. The maximum absolute atomic E-state index is 12.7. The van der Waals surface area contributed by atoms with Crippen LogP contribution in [0.3, 0.4) is 0 Å². The number of aromatic nitrogens is 3. The van der Waals surface area contributed by atoms with Gasteiger partial charge in [-0.1, -0.05) is 12.2 Å². The normalized spacial score (nSPS) is 23.9. The van der Waals surface area contributed by atoms with Crippen LogP contribution < -0.4 is 4.90 Å². The Kier molecular flexibility index (Phi) is 5.66. The molecule has 0 radical (unpaired) electrons. The van der Waals surface area contributed by atoms with Crippen LogP contribution in [0.1, 0.15) is 55.5 Å². The van der Waals surface area contributed by atoms with Crippen molar-refractivity contribution in [2.24, 2.45) is 0 Å². The Labute approximate surface area is 201 Å². The van der Waals surface area contributed by atoms with Crippen molar-refractivity contribution in [3.05, 3.63) is 41.4 Å². The van der Waals surface area contributed by atoms with Gasteiger partial charge in [0.1, 0.15) is 5.82 Å². The largest absolute Gasteiger partial charge is 0.377 e. The van der Waals surface area contributed by atoms with E-state index in [1.54, 1.807) is 4.31 Å². The van der Waals surface area contributed by atoms with Crippen LogP contribution in [-0.4, -0.2) is 71.8 Å². The first-order chi connectivity index (χ1) is 16.5. The number of hydrogen-bond acceptors (Lipinski definition) is 7. The van der Waals surface area contributed by atoms with E-state index < -0.39 is 10.0 Å². The Balaban J connectivity index is 1.34. The molecule has 0 N–H and O–H groups in total. The molecule has 0 unspecified atom stereocenters. The summed E-state index contributed by atoms with van der Waals surface area (Å²) in [5.74, 6) is 1.87. The summed E-state index contributed by atoms with van der Waals surface area (Å²) < 4.78 is 32.8. The third-order valence-corrected chi connectivity index (χ3v) is 9.88. The van der Waals surface area contributed by atoms with Gasteiger partial charge in [-0.2, -0.15) is 0 Å². The number of morpholine rings is 1. The Morgan fingerprint density at radius 1 is 1.09 bits per heavy atom. The van der Waals surface area contributed by atoms with Crippen molar-refractivity contribution in [2.45, 2.75) is 56.2 Å². The van der Waals surface area contributed by atoms with Crippen LogP contribution in [-0.2, 0) is 21.2 Å². The molecule has 180 valence electrons. The Morgan fingerprint density at radius 2 is 1.91 bits per heavy atom. The Hall–Kier alpha value is -2.36. The first-order valence-corrected chi connectivity index (χ1v) is 13.9. The number of sulfonamides is 1. The number of allylic oxidation sites excluding steroid dienone is 1. The molecule has 8 nitrogen and oxygen atoms in total. The highest BCUT2D eigenvalue weighted by Gasteiger charge is 2.41. The van der Waals surface area contributed by atoms with Gasteiger partial charge in [0.25, 0.3) is 0 Å². The van der Waals surface area contributed by atoms with Crippen LogP contribution in [0.4, 0.5) is 5.82 Å². The molecule has 1 atom stereocenters. The van der Waals surface area contributed by atoms with Gasteiger partial charge < -0.3 is 9.64 Å². The molecule has 2 aliphatic heterocycles. The third-order valence-electron chi connectivity index (χ3n) is 7.48. The molecule has 0 spiro atoms. The zero-order chi connectivity index (χ0) is 23.3. The summed E-state index contributed by atoms with van der Waals surface area (Å²) in [6.07, 6.45) is 10.1. The number of rotatable bonds is 5. The van der Waals surface area contributed by atoms with Crippen molar-refractivity contribution in [1.29, 1.82) is 0 Å². The van der Waals surface area contributed by atoms with Gasteiger partial charge in [0.2, 0.25) is 10.0 Å². The van der Waals surface area contributed by atoms with Gasteiger partial charge in [-0.25, -0.2) is 22.7 Å². The third kappa shape index (κ3) is 4.03. The summed E-state index contributed by atoms with van der Waals surface area (Å²) in [6.45, 7) is 5.46. The number of ether oxygens (including phenoxy) is 1. The summed E-state index contributed by atoms with van der Waals surface area (Å²) >= 11 is 0. The maximum atomic E-state index is 12.7. The number of fused-ring (bicyclic) bond motifs is 1. The summed E-state index contributed by atoms with van der Waals surface area (Å²) in [5.41, 5.74) is 4.18. The Morgan fingerprint density at radius 3 is 2.68 bits per heavy atom. The van der Waals surface area contributed by atoms with Crippen LogP contribution in [0.5, 0.6) is 0 Å². The number of pyridine rings is 1. The molecule has 0 bridgehead atoms. The highest BCUT2D eigenvalue weighted by molar-refractivity contribution is 7.90. The van der Waals surface area contributed by atoms with Crippen molar-refractivity contribution in [3.8, 4) is 11.4 Å². The van der Waals surface area contributed by atoms with Crippen molar-refractivity contribution in [1.82, 2.24) is 19.3 Å². The molecule has 4 heterocycles. The molecular formula is C25H31N5O3S. The van der Waals surface area contributed by atoms with E-state index in [4.69, 9.17) is 14.7 Å². The summed E-state index contributed by atoms with van der Waals surface area (Å²) in [7, 11) is -3.12. The van der Waals surface area contributed by atoms with Crippen molar-refractivity contribution in [3.63, 3.8) is 0 Å². The minimum Gasteiger partial charge on any atom is -0.377 e. The average molecular weight is 482 g/mol. The van der Waals surface area contributed by atoms with Crippen molar-refractivity contribution >= 4 is 21.9 Å². The summed E-state index contributed by atoms with van der Waals surface area (Å²) in [6, 6.07) is 4.36. The van der Waals surface area contributed by atoms with E-state index in [-0.39, 0.29) is 17.2 Å². The van der Waals surface area contributed by atoms with Gasteiger partial charge in [0, 0.05) is 61.1 Å². The van der Waals surface area contributed by atoms with E-state index in [1.165, 1.54) is 0 Å². The molecule has 2 aromatic heterocycles. The molecule has 2 aromatic rings. The van der Waals surface area contributed by atoms with Crippen molar-refractivity contribution in [2.75, 3.05) is 37.7 Å². The smallest absolute Gasteiger partial charge is 0.216 e. The van der Waals surface area contributed by atoms with Gasteiger partial charge in [-0.3, -0.25) is 4.98 Å². The molecule has 6 rings (SSSR count). The van der Waals surface area contributed by atoms with Gasteiger partial charge in [-0.15, -0.1) is 0 Å². The number of nitrogens with zero attached hydrogens (tertiary/aromatic N) is 5. The summed E-state index contributed by atoms with van der Waals surface area (Å²) in [5, 5.41) is -0.147. The summed E-state index contributed by atoms with van der Waals surface area (Å²) in [4.78, 5) is 16.9. The lowest BCUT2D eigenvalue weighted by atomic mass is 9.94. The van der Waals surface area contributed by atoms with E-state index in [1.807, 2.05) is 12.3 Å². The fourth-order valence-electron chi connectivity index (χ4n) is 5.33. The fourth-order valence-corrected chi connectivity index (χ4v) is 7.20. The SMILES string of the molecule is C[C@@H]1COCCN1c1cc(C2CCN(S(=O)(=O)C3CC3)CC2)nc(-c2ccnc3c2C=CC3)n1. The lowest BCUT2D eigenvalue weighted by molar-refractivity contribution is 0.0985. The topological polar surface area (TPSA) is 88.5 Å². The second-order valence-corrected chi connectivity index (χ2v) is 12.0. The molecule has 1 saturated carbocycles. The predicted molar refractivity (Wildman–Crippen MR) is 131 cm³/mol. The first kappa shape index (κ1) is 22.1. The van der Waals surface area contributed by atoms with E-state index in [0.717, 1.165) is 72.8 Å². The quantitative estimate of drug-likeness (QED) is 0.649. The molecule has 0 aromatic carbocycles. The second kappa shape index (κ2) is 8.70. The highest BCUT2D eigenvalue weighted by atomic mass is 32.2. The van der Waals surface area contributed by atoms with Crippen LogP contribution >= 0.6 is 0 Å². The van der Waals surface area contributed by atoms with Crippen molar-refractivity contribution < 1.29 is 13.2 Å². The van der Waals surface area contributed by atoms with E-state index in [9.17, 15) is 8.42 Å². The maximum Gasteiger partial charge on any atom is 0.216 e. The molecule has 2 saturated heterocycles. The molecule has 9 heteroatoms. The fraction of sp³-hybridized carbons (Fsp3) is 0.560. The molecule has 0 amide bonds. The highest BCUT2D eigenvalue weighted by Crippen LogP contribution is 2.37. The first-order valence-electron chi connectivity index (χ1n) is 12.4. The Bertz CT molecular complexity index is 1220. The minimum atomic E-state index is -3.12. The standard InChI is InChI=1S/C25H31N5O3S/c1-17-16-33-14-13-30(17)24-15-23(18-8-11-29(12-9-18)34(31,32)19-5-6-19)27-25(28-24)21-7-10-26-22-4-2-3-20(21)22/h2-3,7,10,15,17-19H,4-6,8-9,11-14,16H2,1H3/t17-/m1/s1. The zero-order valence-electron chi connectivity index (χ0n) is 19.6. The van der Waals surface area contributed by atoms with Crippen LogP contribution in [0.2, 0.25) is 0 Å². The van der Waals surface area contributed by atoms with Crippen LogP contribution in [0, 0.1) is 0 Å². The average Bonchev–Trinajstić information content (AvgIpc) is 3.62. The molecule has 3 fully saturated rings. The second-order valence-electron chi connectivity index (χ2n) is 9.83. The minimum absolute atomic E-state index is 0.147. The molecule has 2 aliphatic carbocycles. The van der Waals surface area contributed by atoms with E-state index in [2.05, 4.69) is 35.0 Å². The van der Waals surface area contributed by atoms with E-state index in [0.29, 0.717) is 26.3 Å². The number of anilines is 1. The zero-order valence-corrected chi connectivity index (χ0v) is 20.4. The molecule has 4 aliphatic rings. The lowest BCUT2D eigenvalue weighted by Crippen LogP contribution is -2.44. The number of piperidine rings is 1. The van der Waals surface area contributed by atoms with Gasteiger partial charge in [0.15, 0.2) is 5.82 Å². The van der Waals surface area contributed by atoms with Crippen LogP contribution in [0.25, 0.3) is 17.5 Å². The lowest BCUT2D eigenvalue weighted by Gasteiger charge is -2.35. The molecular weight excluding hydrogens is 450 g/mol. The van der Waals surface area contributed by atoms with Gasteiger partial charge >= 0.3 is 0 Å². The van der Waals surface area contributed by atoms with E-state index >= 15 is 0 Å².